The number of rotatable bonds is 11. The van der Waals surface area contributed by atoms with E-state index in [9.17, 15) is 0 Å². The molecule has 0 bridgehead atoms. The zero-order valence-electron chi connectivity index (χ0n) is 19.4. The van der Waals surface area contributed by atoms with E-state index in [0.717, 1.165) is 44.4 Å². The summed E-state index contributed by atoms with van der Waals surface area (Å²) in [6.07, 6.45) is 7.77. The van der Waals surface area contributed by atoms with Crippen LogP contribution in [0.1, 0.15) is 57.1 Å². The molecule has 2 N–H and O–H groups in total. The van der Waals surface area contributed by atoms with Crippen LogP contribution in [0.15, 0.2) is 29.3 Å². The first-order chi connectivity index (χ1) is 14.8. The minimum atomic E-state index is 0. The number of methoxy groups -OCH3 is 1. The molecule has 2 heterocycles. The lowest BCUT2D eigenvalue weighted by Gasteiger charge is -2.27. The van der Waals surface area contributed by atoms with Gasteiger partial charge < -0.3 is 20.3 Å². The highest BCUT2D eigenvalue weighted by atomic mass is 127. The summed E-state index contributed by atoms with van der Waals surface area (Å²) in [5.74, 6) is 1.85. The topological polar surface area (TPSA) is 52.1 Å². The van der Waals surface area contributed by atoms with E-state index in [-0.39, 0.29) is 24.0 Å². The lowest BCUT2D eigenvalue weighted by Crippen LogP contribution is -2.39. The molecular formula is C24H42IN5O. The third-order valence-electron chi connectivity index (χ3n) is 6.24. The van der Waals surface area contributed by atoms with Gasteiger partial charge in [0, 0.05) is 13.1 Å². The number of unbranched alkanes of at least 4 members (excludes halogenated alkanes) is 1. The van der Waals surface area contributed by atoms with E-state index in [4.69, 9.17) is 9.73 Å². The molecule has 0 aromatic heterocycles. The van der Waals surface area contributed by atoms with Gasteiger partial charge in [-0.3, -0.25) is 9.89 Å². The van der Waals surface area contributed by atoms with Gasteiger partial charge in [-0.05, 0) is 95.9 Å². The number of halogens is 1. The molecule has 1 aromatic carbocycles. The Morgan fingerprint density at radius 1 is 1.00 bits per heavy atom. The molecule has 176 valence electrons. The quantitative estimate of drug-likeness (QED) is 0.192. The van der Waals surface area contributed by atoms with Gasteiger partial charge in [0.05, 0.1) is 19.7 Å². The number of hydrogen-bond acceptors (Lipinski definition) is 4. The first-order valence-corrected chi connectivity index (χ1v) is 11.9. The fourth-order valence-electron chi connectivity index (χ4n) is 4.50. The van der Waals surface area contributed by atoms with Gasteiger partial charge >= 0.3 is 0 Å². The largest absolute Gasteiger partial charge is 0.497 e. The van der Waals surface area contributed by atoms with E-state index in [1.165, 1.54) is 63.7 Å². The molecule has 2 fully saturated rings. The Labute approximate surface area is 206 Å². The van der Waals surface area contributed by atoms with Gasteiger partial charge in [-0.25, -0.2) is 0 Å². The Balaban J connectivity index is 0.00000341. The van der Waals surface area contributed by atoms with Crippen molar-refractivity contribution < 1.29 is 4.74 Å². The normalized spacial score (nSPS) is 18.6. The molecule has 0 amide bonds. The summed E-state index contributed by atoms with van der Waals surface area (Å²) in [7, 11) is 1.72. The molecule has 0 spiro atoms. The summed E-state index contributed by atoms with van der Waals surface area (Å²) in [5.41, 5.74) is 1.32. The fourth-order valence-corrected chi connectivity index (χ4v) is 4.50. The summed E-state index contributed by atoms with van der Waals surface area (Å²) >= 11 is 0. The first kappa shape index (κ1) is 26.2. The van der Waals surface area contributed by atoms with Crippen molar-refractivity contribution in [2.75, 3.05) is 59.5 Å². The van der Waals surface area contributed by atoms with Crippen LogP contribution in [-0.4, -0.2) is 75.2 Å². The molecule has 1 aromatic rings. The molecule has 3 rings (SSSR count). The van der Waals surface area contributed by atoms with Crippen molar-refractivity contribution in [1.82, 2.24) is 20.4 Å². The molecular weight excluding hydrogens is 501 g/mol. The maximum absolute atomic E-state index is 5.34. The molecule has 2 aliphatic rings. The summed E-state index contributed by atoms with van der Waals surface area (Å²) in [4.78, 5) is 10.1. The van der Waals surface area contributed by atoms with Crippen LogP contribution in [0.3, 0.4) is 0 Å². The third kappa shape index (κ3) is 8.77. The van der Waals surface area contributed by atoms with Crippen LogP contribution in [0.25, 0.3) is 0 Å². The Kier molecular flexibility index (Phi) is 12.6. The highest BCUT2D eigenvalue weighted by Crippen LogP contribution is 2.27. The lowest BCUT2D eigenvalue weighted by molar-refractivity contribution is 0.251. The van der Waals surface area contributed by atoms with Crippen molar-refractivity contribution in [3.8, 4) is 5.75 Å². The molecule has 2 saturated heterocycles. The molecule has 7 heteroatoms. The molecule has 0 saturated carbocycles. The zero-order chi connectivity index (χ0) is 21.0. The predicted octanol–water partition coefficient (Wildman–Crippen LogP) is 3.88. The molecule has 0 aliphatic carbocycles. The maximum atomic E-state index is 5.34. The second-order valence-electron chi connectivity index (χ2n) is 8.43. The van der Waals surface area contributed by atoms with Gasteiger partial charge in [0.2, 0.25) is 0 Å². The predicted molar refractivity (Wildman–Crippen MR) is 141 cm³/mol. The zero-order valence-corrected chi connectivity index (χ0v) is 21.8. The van der Waals surface area contributed by atoms with E-state index in [0.29, 0.717) is 6.04 Å². The lowest BCUT2D eigenvalue weighted by atomic mass is 10.1. The Morgan fingerprint density at radius 3 is 2.32 bits per heavy atom. The van der Waals surface area contributed by atoms with E-state index in [1.54, 1.807) is 7.11 Å². The Hall–Kier alpha value is -1.06. The van der Waals surface area contributed by atoms with Crippen LogP contribution in [0, 0.1) is 0 Å². The third-order valence-corrected chi connectivity index (χ3v) is 6.24. The van der Waals surface area contributed by atoms with Gasteiger partial charge in [-0.15, -0.1) is 24.0 Å². The number of likely N-dealkylation sites (tertiary alicyclic amines) is 2. The van der Waals surface area contributed by atoms with Crippen molar-refractivity contribution >= 4 is 29.9 Å². The van der Waals surface area contributed by atoms with Gasteiger partial charge in [-0.2, -0.15) is 0 Å². The van der Waals surface area contributed by atoms with Crippen LogP contribution in [0.5, 0.6) is 5.75 Å². The minimum Gasteiger partial charge on any atom is -0.497 e. The highest BCUT2D eigenvalue weighted by molar-refractivity contribution is 14.0. The fraction of sp³-hybridized carbons (Fsp3) is 0.708. The van der Waals surface area contributed by atoms with Crippen LogP contribution < -0.4 is 15.4 Å². The monoisotopic (exact) mass is 543 g/mol. The minimum absolute atomic E-state index is 0. The van der Waals surface area contributed by atoms with E-state index in [2.05, 4.69) is 51.6 Å². The van der Waals surface area contributed by atoms with Crippen LogP contribution >= 0.6 is 24.0 Å². The average molecular weight is 544 g/mol. The van der Waals surface area contributed by atoms with Gasteiger partial charge in [-0.1, -0.05) is 12.1 Å². The number of hydrogen-bond donors (Lipinski definition) is 2. The van der Waals surface area contributed by atoms with Crippen molar-refractivity contribution in [2.24, 2.45) is 4.99 Å². The standard InChI is InChI=1S/C24H41N5O.HI/c1-3-25-24(26-14-4-5-15-28-16-6-7-17-28)27-20-23(29-18-8-9-19-29)21-10-12-22(30-2)13-11-21;/h10-13,23H,3-9,14-20H2,1-2H3,(H2,25,26,27);1H. The number of aliphatic imine (C=N–C) groups is 1. The molecule has 2 aliphatic heterocycles. The Bertz CT molecular complexity index is 627. The molecule has 31 heavy (non-hydrogen) atoms. The average Bonchev–Trinajstić information content (AvgIpc) is 3.48. The second-order valence-corrected chi connectivity index (χ2v) is 8.43. The van der Waals surface area contributed by atoms with E-state index < -0.39 is 0 Å². The van der Waals surface area contributed by atoms with Crippen molar-refractivity contribution in [1.29, 1.82) is 0 Å². The van der Waals surface area contributed by atoms with Crippen molar-refractivity contribution in [2.45, 2.75) is 51.5 Å². The van der Waals surface area contributed by atoms with Crippen molar-refractivity contribution in [3.05, 3.63) is 29.8 Å². The van der Waals surface area contributed by atoms with Crippen LogP contribution in [-0.2, 0) is 0 Å². The van der Waals surface area contributed by atoms with Crippen molar-refractivity contribution in [3.63, 3.8) is 0 Å². The van der Waals surface area contributed by atoms with E-state index in [1.807, 2.05) is 0 Å². The molecule has 0 radical (unpaired) electrons. The summed E-state index contributed by atoms with van der Waals surface area (Å²) in [6, 6.07) is 8.83. The summed E-state index contributed by atoms with van der Waals surface area (Å²) in [5, 5.41) is 6.96. The first-order valence-electron chi connectivity index (χ1n) is 11.9. The van der Waals surface area contributed by atoms with Crippen LogP contribution in [0.2, 0.25) is 0 Å². The summed E-state index contributed by atoms with van der Waals surface area (Å²) < 4.78 is 5.34. The SMILES string of the molecule is CCNC(=NCC(c1ccc(OC)cc1)N1CCCC1)NCCCCN1CCCC1.I. The van der Waals surface area contributed by atoms with E-state index >= 15 is 0 Å². The van der Waals surface area contributed by atoms with Gasteiger partial charge in [0.15, 0.2) is 5.96 Å². The smallest absolute Gasteiger partial charge is 0.191 e. The Morgan fingerprint density at radius 2 is 1.68 bits per heavy atom. The van der Waals surface area contributed by atoms with Crippen LogP contribution in [0.4, 0.5) is 0 Å². The number of nitrogens with zero attached hydrogens (tertiary/aromatic N) is 3. The van der Waals surface area contributed by atoms with Gasteiger partial charge in [0.1, 0.15) is 5.75 Å². The number of guanidine groups is 1. The maximum Gasteiger partial charge on any atom is 0.191 e. The highest BCUT2D eigenvalue weighted by Gasteiger charge is 2.23. The molecule has 6 nitrogen and oxygen atoms in total. The molecule has 1 atom stereocenters. The molecule has 1 unspecified atom stereocenters. The van der Waals surface area contributed by atoms with Gasteiger partial charge in [0.25, 0.3) is 0 Å². The second kappa shape index (κ2) is 14.9. The summed E-state index contributed by atoms with van der Waals surface area (Å²) in [6.45, 7) is 10.9. The number of ether oxygens (including phenoxy) is 1. The number of benzene rings is 1. The number of nitrogens with one attached hydrogen (secondary N) is 2.